The van der Waals surface area contributed by atoms with E-state index >= 15 is 0 Å². The average Bonchev–Trinajstić information content (AvgIpc) is 3.47. The molecule has 1 aliphatic heterocycles. The molecule has 2 aliphatic rings. The van der Waals surface area contributed by atoms with Crippen LogP contribution in [0.4, 0.5) is 5.82 Å². The number of hydrogen-bond donors (Lipinski definition) is 3. The molecule has 1 spiro atoms. The van der Waals surface area contributed by atoms with Crippen LogP contribution in [0.5, 0.6) is 0 Å². The monoisotopic (exact) mass is 417 g/mol. The molecule has 1 saturated carbocycles. The highest BCUT2D eigenvalue weighted by Gasteiger charge is 2.57. The number of nitrogens with zero attached hydrogens (tertiary/aromatic N) is 4. The van der Waals surface area contributed by atoms with Crippen LogP contribution in [0.2, 0.25) is 0 Å². The first-order chi connectivity index (χ1) is 15.0. The van der Waals surface area contributed by atoms with E-state index in [9.17, 15) is 10.2 Å². The third-order valence-electron chi connectivity index (χ3n) is 6.97. The van der Waals surface area contributed by atoms with Crippen LogP contribution in [0.25, 0.3) is 21.9 Å². The quantitative estimate of drug-likeness (QED) is 0.458. The van der Waals surface area contributed by atoms with Crippen molar-refractivity contribution in [1.29, 1.82) is 0 Å². The lowest BCUT2D eigenvalue weighted by atomic mass is 9.80. The van der Waals surface area contributed by atoms with Crippen LogP contribution in [0, 0.1) is 5.41 Å². The highest BCUT2D eigenvalue weighted by atomic mass is 16.5. The Balaban J connectivity index is 1.30. The van der Waals surface area contributed by atoms with Gasteiger partial charge in [0.2, 0.25) is 0 Å². The second-order valence-corrected chi connectivity index (χ2v) is 8.79. The fourth-order valence-electron chi connectivity index (χ4n) is 5.33. The van der Waals surface area contributed by atoms with Crippen LogP contribution in [0.15, 0.2) is 55.1 Å². The van der Waals surface area contributed by atoms with Gasteiger partial charge in [0.15, 0.2) is 0 Å². The van der Waals surface area contributed by atoms with E-state index in [2.05, 4.69) is 15.0 Å². The van der Waals surface area contributed by atoms with Crippen LogP contribution in [-0.4, -0.2) is 48.5 Å². The molecule has 2 fully saturated rings. The van der Waals surface area contributed by atoms with E-state index in [1.54, 1.807) is 12.3 Å². The lowest BCUT2D eigenvalue weighted by Crippen LogP contribution is -2.37. The summed E-state index contributed by atoms with van der Waals surface area (Å²) in [6.45, 7) is 0.392. The number of aromatic nitrogens is 4. The maximum atomic E-state index is 11.1. The first-order valence-electron chi connectivity index (χ1n) is 10.4. The average molecular weight is 417 g/mol. The van der Waals surface area contributed by atoms with E-state index in [4.69, 9.17) is 10.5 Å². The number of fused-ring (bicyclic) bond motifs is 2. The molecule has 31 heavy (non-hydrogen) atoms. The fraction of sp³-hybridized carbons (Fsp3) is 0.348. The molecule has 1 saturated heterocycles. The Kier molecular flexibility index (Phi) is 4.05. The van der Waals surface area contributed by atoms with Crippen molar-refractivity contribution in [3.05, 3.63) is 60.7 Å². The van der Waals surface area contributed by atoms with E-state index in [-0.39, 0.29) is 12.1 Å². The Hall–Kier alpha value is -3.07. The van der Waals surface area contributed by atoms with E-state index in [0.717, 1.165) is 27.5 Å². The first kappa shape index (κ1) is 18.7. The minimum atomic E-state index is -0.897. The number of benzene rings is 1. The van der Waals surface area contributed by atoms with Gasteiger partial charge in [0.25, 0.3) is 0 Å². The number of pyridine rings is 1. The Bertz CT molecular complexity index is 1290. The van der Waals surface area contributed by atoms with Crippen LogP contribution >= 0.6 is 0 Å². The van der Waals surface area contributed by atoms with Gasteiger partial charge in [-0.05, 0) is 42.7 Å². The number of hydrogen-bond acceptors (Lipinski definition) is 7. The molecule has 4 aromatic rings. The summed E-state index contributed by atoms with van der Waals surface area (Å²) in [5.41, 5.74) is 7.92. The normalized spacial score (nSPS) is 30.6. The van der Waals surface area contributed by atoms with Gasteiger partial charge in [-0.3, -0.25) is 0 Å². The van der Waals surface area contributed by atoms with Gasteiger partial charge in [-0.25, -0.2) is 15.0 Å². The number of rotatable bonds is 2. The molecule has 4 heterocycles. The SMILES string of the molecule is Nc1ccc2ccc([C@@H]3C[C@@]4(CO3)C[C@@H](n3ccc5cncnc53)[C@H](O)[C@@H]4O)cc2n1. The molecule has 8 nitrogen and oxygen atoms in total. The fourth-order valence-corrected chi connectivity index (χ4v) is 5.33. The van der Waals surface area contributed by atoms with Gasteiger partial charge in [-0.2, -0.15) is 0 Å². The van der Waals surface area contributed by atoms with Crippen molar-refractivity contribution in [3.8, 4) is 0 Å². The lowest BCUT2D eigenvalue weighted by molar-refractivity contribution is -0.0309. The van der Waals surface area contributed by atoms with Crippen molar-refractivity contribution in [1.82, 2.24) is 19.5 Å². The molecule has 0 amide bonds. The molecule has 1 aromatic carbocycles. The molecule has 0 bridgehead atoms. The molecular weight excluding hydrogens is 394 g/mol. The molecule has 3 aromatic heterocycles. The maximum absolute atomic E-state index is 11.1. The highest BCUT2D eigenvalue weighted by molar-refractivity contribution is 5.80. The lowest BCUT2D eigenvalue weighted by Gasteiger charge is -2.26. The van der Waals surface area contributed by atoms with Crippen molar-refractivity contribution in [2.45, 2.75) is 37.2 Å². The number of nitrogen functional groups attached to an aromatic ring is 1. The van der Waals surface area contributed by atoms with Crippen molar-refractivity contribution in [2.75, 3.05) is 12.3 Å². The van der Waals surface area contributed by atoms with Crippen LogP contribution in [-0.2, 0) is 4.74 Å². The van der Waals surface area contributed by atoms with Gasteiger partial charge < -0.3 is 25.3 Å². The number of aliphatic hydroxyl groups is 2. The standard InChI is InChI=1S/C23H23N5O3/c24-19-4-3-13-1-2-14(7-16(13)27-19)18-9-23(11-31-18)8-17(20(29)21(23)30)28-6-5-15-10-25-12-26-22(15)28/h1-7,10,12,17-18,20-21,29-30H,8-9,11H2,(H2,24,27)/t17-,18+,20+,21+,23-/m1/s1. The third-order valence-corrected chi connectivity index (χ3v) is 6.97. The van der Waals surface area contributed by atoms with Crippen molar-refractivity contribution in [3.63, 3.8) is 0 Å². The summed E-state index contributed by atoms with van der Waals surface area (Å²) < 4.78 is 8.12. The van der Waals surface area contributed by atoms with E-state index in [1.807, 2.05) is 41.1 Å². The smallest absolute Gasteiger partial charge is 0.143 e. The second kappa shape index (κ2) is 6.71. The molecular formula is C23H23N5O3. The van der Waals surface area contributed by atoms with Crippen LogP contribution in [0.1, 0.15) is 30.6 Å². The van der Waals surface area contributed by atoms with Crippen molar-refractivity contribution < 1.29 is 14.9 Å². The predicted octanol–water partition coefficient (Wildman–Crippen LogP) is 2.38. The van der Waals surface area contributed by atoms with Crippen molar-refractivity contribution >= 4 is 27.8 Å². The van der Waals surface area contributed by atoms with E-state index in [1.165, 1.54) is 6.33 Å². The van der Waals surface area contributed by atoms with Crippen molar-refractivity contribution in [2.24, 2.45) is 5.41 Å². The van der Waals surface area contributed by atoms with Gasteiger partial charge in [-0.15, -0.1) is 0 Å². The summed E-state index contributed by atoms with van der Waals surface area (Å²) in [5.74, 6) is 0.480. The van der Waals surface area contributed by atoms with Gasteiger partial charge in [-0.1, -0.05) is 12.1 Å². The first-order valence-corrected chi connectivity index (χ1v) is 10.4. The second-order valence-electron chi connectivity index (χ2n) is 8.79. The minimum Gasteiger partial charge on any atom is -0.390 e. The molecule has 0 unspecified atom stereocenters. The zero-order valence-corrected chi connectivity index (χ0v) is 16.8. The highest BCUT2D eigenvalue weighted by Crippen LogP contribution is 2.54. The molecule has 8 heteroatoms. The Labute approximate surface area is 178 Å². The van der Waals surface area contributed by atoms with Crippen LogP contribution in [0.3, 0.4) is 0 Å². The molecule has 0 radical (unpaired) electrons. The number of nitrogens with two attached hydrogens (primary N) is 1. The van der Waals surface area contributed by atoms with Gasteiger partial charge in [0, 0.05) is 28.6 Å². The van der Waals surface area contributed by atoms with Crippen LogP contribution < -0.4 is 5.73 Å². The van der Waals surface area contributed by atoms with Gasteiger partial charge in [0.1, 0.15) is 23.9 Å². The molecule has 4 N–H and O–H groups in total. The molecule has 6 rings (SSSR count). The number of anilines is 1. The molecule has 5 atom stereocenters. The van der Waals surface area contributed by atoms with Gasteiger partial charge >= 0.3 is 0 Å². The number of aliphatic hydroxyl groups excluding tert-OH is 2. The minimum absolute atomic E-state index is 0.169. The third kappa shape index (κ3) is 2.83. The summed E-state index contributed by atoms with van der Waals surface area (Å²) in [7, 11) is 0. The summed E-state index contributed by atoms with van der Waals surface area (Å²) in [4.78, 5) is 12.8. The predicted molar refractivity (Wildman–Crippen MR) is 115 cm³/mol. The van der Waals surface area contributed by atoms with E-state index < -0.39 is 17.6 Å². The Morgan fingerprint density at radius 2 is 1.97 bits per heavy atom. The zero-order chi connectivity index (χ0) is 21.2. The molecule has 1 aliphatic carbocycles. The summed E-state index contributed by atoms with van der Waals surface area (Å²) in [5, 5.41) is 23.9. The summed E-state index contributed by atoms with van der Waals surface area (Å²) in [6, 6.07) is 11.4. The topological polar surface area (TPSA) is 119 Å². The largest absolute Gasteiger partial charge is 0.390 e. The zero-order valence-electron chi connectivity index (χ0n) is 16.8. The summed E-state index contributed by atoms with van der Waals surface area (Å²) >= 11 is 0. The van der Waals surface area contributed by atoms with E-state index in [0.29, 0.717) is 25.3 Å². The molecule has 158 valence electrons. The number of ether oxygens (including phenoxy) is 1. The Morgan fingerprint density at radius 1 is 1.10 bits per heavy atom. The Morgan fingerprint density at radius 3 is 2.87 bits per heavy atom. The maximum Gasteiger partial charge on any atom is 0.143 e. The van der Waals surface area contributed by atoms with Gasteiger partial charge in [0.05, 0.1) is 30.4 Å². The summed E-state index contributed by atoms with van der Waals surface area (Å²) in [6.07, 6.45) is 4.45.